The molecule has 4 heteroatoms. The van der Waals surface area contributed by atoms with Gasteiger partial charge in [0.25, 0.3) is 0 Å². The number of hydrogen-bond acceptors (Lipinski definition) is 4. The van der Waals surface area contributed by atoms with Crippen LogP contribution in [0.2, 0.25) is 0 Å². The summed E-state index contributed by atoms with van der Waals surface area (Å²) in [6.45, 7) is 8.09. The van der Waals surface area contributed by atoms with Crippen LogP contribution in [0.5, 0.6) is 11.5 Å². The standard InChI is InChI=1S/C12H16O.C9H10O3/c1-4-9(2)11-7-5-6-10(3)12(11)8-13;1-6-3-4-8(11)7(5-10)9(6)12-2/h5-9H,4H2,1-3H3;3-5,11H,1-2H3. The first kappa shape index (κ1) is 20.4. The lowest BCUT2D eigenvalue weighted by atomic mass is 9.92. The first-order valence-corrected chi connectivity index (χ1v) is 8.27. The van der Waals surface area contributed by atoms with E-state index in [2.05, 4.69) is 13.8 Å². The largest absolute Gasteiger partial charge is 0.507 e. The predicted octanol–water partition coefficient (Wildman–Crippen LogP) is 4.84. The molecule has 0 aliphatic heterocycles. The Morgan fingerprint density at radius 3 is 2.16 bits per heavy atom. The van der Waals surface area contributed by atoms with Crippen molar-refractivity contribution < 1.29 is 19.4 Å². The highest BCUT2D eigenvalue weighted by atomic mass is 16.5. The van der Waals surface area contributed by atoms with Crippen LogP contribution in [0.1, 0.15) is 63.6 Å². The molecule has 1 N–H and O–H groups in total. The maximum atomic E-state index is 10.9. The molecule has 0 aliphatic rings. The van der Waals surface area contributed by atoms with Crippen molar-refractivity contribution in [2.45, 2.75) is 40.0 Å². The number of rotatable bonds is 5. The van der Waals surface area contributed by atoms with Gasteiger partial charge < -0.3 is 9.84 Å². The van der Waals surface area contributed by atoms with Crippen LogP contribution in [0.3, 0.4) is 0 Å². The van der Waals surface area contributed by atoms with Crippen molar-refractivity contribution in [3.05, 3.63) is 58.1 Å². The van der Waals surface area contributed by atoms with Crippen LogP contribution >= 0.6 is 0 Å². The number of aromatic hydroxyl groups is 1. The molecule has 2 aromatic carbocycles. The SMILES string of the molecule is CCC(C)c1cccc(C)c1C=O.COc1c(C)ccc(O)c1C=O. The highest BCUT2D eigenvalue weighted by Gasteiger charge is 2.10. The molecule has 0 radical (unpaired) electrons. The Morgan fingerprint density at radius 2 is 1.68 bits per heavy atom. The summed E-state index contributed by atoms with van der Waals surface area (Å²) in [5.41, 5.74) is 4.16. The van der Waals surface area contributed by atoms with Crippen molar-refractivity contribution >= 4 is 12.6 Å². The van der Waals surface area contributed by atoms with E-state index in [4.69, 9.17) is 4.74 Å². The maximum absolute atomic E-state index is 10.9. The molecule has 134 valence electrons. The van der Waals surface area contributed by atoms with Crippen molar-refractivity contribution in [1.29, 1.82) is 0 Å². The minimum absolute atomic E-state index is 0.0487. The molecule has 25 heavy (non-hydrogen) atoms. The zero-order chi connectivity index (χ0) is 19.0. The molecule has 1 unspecified atom stereocenters. The molecule has 0 saturated carbocycles. The fourth-order valence-corrected chi connectivity index (χ4v) is 2.60. The maximum Gasteiger partial charge on any atom is 0.157 e. The van der Waals surface area contributed by atoms with Gasteiger partial charge in [-0.1, -0.05) is 38.1 Å². The van der Waals surface area contributed by atoms with Crippen LogP contribution in [0, 0.1) is 13.8 Å². The number of phenols is 1. The third-order valence-corrected chi connectivity index (χ3v) is 4.31. The second-order valence-electron chi connectivity index (χ2n) is 5.97. The van der Waals surface area contributed by atoms with Gasteiger partial charge in [0, 0.05) is 5.56 Å². The molecule has 2 rings (SSSR count). The van der Waals surface area contributed by atoms with Crippen molar-refractivity contribution in [1.82, 2.24) is 0 Å². The topological polar surface area (TPSA) is 63.6 Å². The lowest BCUT2D eigenvalue weighted by Gasteiger charge is -2.12. The first-order chi connectivity index (χ1) is 11.9. The van der Waals surface area contributed by atoms with Crippen LogP contribution in [0.25, 0.3) is 0 Å². The van der Waals surface area contributed by atoms with E-state index < -0.39 is 0 Å². The van der Waals surface area contributed by atoms with Gasteiger partial charge in [-0.2, -0.15) is 0 Å². The van der Waals surface area contributed by atoms with Crippen molar-refractivity contribution in [2.75, 3.05) is 7.11 Å². The van der Waals surface area contributed by atoms with Gasteiger partial charge in [0.2, 0.25) is 0 Å². The predicted molar refractivity (Wildman–Crippen MR) is 100 cm³/mol. The summed E-state index contributed by atoms with van der Waals surface area (Å²) in [7, 11) is 1.47. The fraction of sp³-hybridized carbons (Fsp3) is 0.333. The highest BCUT2D eigenvalue weighted by molar-refractivity contribution is 5.84. The third kappa shape index (κ3) is 4.92. The van der Waals surface area contributed by atoms with Gasteiger partial charge in [0.05, 0.1) is 12.7 Å². The van der Waals surface area contributed by atoms with E-state index in [1.54, 1.807) is 6.07 Å². The zero-order valence-corrected chi connectivity index (χ0v) is 15.5. The molecule has 0 saturated heterocycles. The lowest BCUT2D eigenvalue weighted by Crippen LogP contribution is -1.99. The van der Waals surface area contributed by atoms with Gasteiger partial charge in [0.1, 0.15) is 11.5 Å². The van der Waals surface area contributed by atoms with Gasteiger partial charge in [-0.3, -0.25) is 9.59 Å². The van der Waals surface area contributed by atoms with Gasteiger partial charge in [-0.05, 0) is 48.9 Å². The monoisotopic (exact) mass is 342 g/mol. The highest BCUT2D eigenvalue weighted by Crippen LogP contribution is 2.29. The molecule has 1 atom stereocenters. The summed E-state index contributed by atoms with van der Waals surface area (Å²) < 4.78 is 4.96. The Hall–Kier alpha value is -2.62. The minimum Gasteiger partial charge on any atom is -0.507 e. The average molecular weight is 342 g/mol. The Bertz CT molecular complexity index is 735. The molecule has 0 aliphatic carbocycles. The molecule has 0 spiro atoms. The van der Waals surface area contributed by atoms with Gasteiger partial charge in [0.15, 0.2) is 12.6 Å². The summed E-state index contributed by atoms with van der Waals surface area (Å²) in [6, 6.07) is 9.22. The number of carbonyl (C=O) groups is 2. The zero-order valence-electron chi connectivity index (χ0n) is 15.5. The van der Waals surface area contributed by atoms with Crippen LogP contribution < -0.4 is 4.74 Å². The van der Waals surface area contributed by atoms with Crippen LogP contribution in [-0.2, 0) is 0 Å². The number of methoxy groups -OCH3 is 1. The Kier molecular flexibility index (Phi) is 7.86. The molecule has 0 bridgehead atoms. The van der Waals surface area contributed by atoms with Crippen molar-refractivity contribution in [3.8, 4) is 11.5 Å². The van der Waals surface area contributed by atoms with E-state index in [0.717, 1.165) is 29.4 Å². The van der Waals surface area contributed by atoms with E-state index >= 15 is 0 Å². The Morgan fingerprint density at radius 1 is 1.04 bits per heavy atom. The molecule has 0 aromatic heterocycles. The fourth-order valence-electron chi connectivity index (χ4n) is 2.60. The summed E-state index contributed by atoms with van der Waals surface area (Å²) in [4.78, 5) is 21.4. The number of carbonyl (C=O) groups excluding carboxylic acids is 2. The molecule has 0 amide bonds. The summed E-state index contributed by atoms with van der Waals surface area (Å²) in [5.74, 6) is 0.859. The molecule has 4 nitrogen and oxygen atoms in total. The van der Waals surface area contributed by atoms with Gasteiger partial charge >= 0.3 is 0 Å². The van der Waals surface area contributed by atoms with Crippen molar-refractivity contribution in [2.24, 2.45) is 0 Å². The molecule has 0 heterocycles. The van der Waals surface area contributed by atoms with Crippen LogP contribution in [0.15, 0.2) is 30.3 Å². The normalized spacial score (nSPS) is 11.1. The smallest absolute Gasteiger partial charge is 0.157 e. The third-order valence-electron chi connectivity index (χ3n) is 4.31. The van der Waals surface area contributed by atoms with E-state index in [1.165, 1.54) is 18.7 Å². The number of aryl methyl sites for hydroxylation is 2. The second-order valence-corrected chi connectivity index (χ2v) is 5.97. The van der Waals surface area contributed by atoms with E-state index in [-0.39, 0.29) is 11.3 Å². The average Bonchev–Trinajstić information content (AvgIpc) is 2.62. The van der Waals surface area contributed by atoms with E-state index in [1.807, 2.05) is 32.0 Å². The number of benzene rings is 2. The van der Waals surface area contributed by atoms with Gasteiger partial charge in [-0.15, -0.1) is 0 Å². The molecule has 2 aromatic rings. The van der Waals surface area contributed by atoms with Crippen molar-refractivity contribution in [3.63, 3.8) is 0 Å². The Balaban J connectivity index is 0.000000251. The number of ether oxygens (including phenoxy) is 1. The second kappa shape index (κ2) is 9.62. The summed E-state index contributed by atoms with van der Waals surface area (Å²) in [6.07, 6.45) is 2.63. The first-order valence-electron chi connectivity index (χ1n) is 8.27. The summed E-state index contributed by atoms with van der Waals surface area (Å²) in [5, 5.41) is 9.24. The number of phenolic OH excluding ortho intramolecular Hbond substituents is 1. The number of hydrogen-bond donors (Lipinski definition) is 1. The van der Waals surface area contributed by atoms with Crippen LogP contribution in [0.4, 0.5) is 0 Å². The lowest BCUT2D eigenvalue weighted by molar-refractivity contribution is 0.111. The summed E-state index contributed by atoms with van der Waals surface area (Å²) >= 11 is 0. The van der Waals surface area contributed by atoms with E-state index in [9.17, 15) is 14.7 Å². The molecular formula is C21H26O4. The van der Waals surface area contributed by atoms with E-state index in [0.29, 0.717) is 18.0 Å². The number of aldehydes is 2. The van der Waals surface area contributed by atoms with Gasteiger partial charge in [-0.25, -0.2) is 0 Å². The van der Waals surface area contributed by atoms with Crippen LogP contribution in [-0.4, -0.2) is 24.8 Å². The minimum atomic E-state index is -0.0487. The quantitative estimate of drug-likeness (QED) is 0.790. The Labute approximate surface area is 149 Å². The molecule has 0 fully saturated rings. The molecular weight excluding hydrogens is 316 g/mol.